The van der Waals surface area contributed by atoms with Gasteiger partial charge in [-0.1, -0.05) is 0 Å². The maximum Gasteiger partial charge on any atom is 0.187 e. The van der Waals surface area contributed by atoms with Crippen molar-refractivity contribution in [3.8, 4) is 0 Å². The molecule has 3 aliphatic rings. The zero-order valence-corrected chi connectivity index (χ0v) is 18.7. The van der Waals surface area contributed by atoms with Crippen molar-refractivity contribution in [3.05, 3.63) is 0 Å². The highest BCUT2D eigenvalue weighted by Gasteiger charge is 2.53. The molecule has 3 saturated heterocycles. The molecule has 0 aromatic carbocycles. The highest BCUT2D eigenvalue weighted by atomic mass is 16.8. The van der Waals surface area contributed by atoms with Gasteiger partial charge < -0.3 is 79.5 Å². The number of aliphatic hydroxyl groups excluding tert-OH is 10. The van der Waals surface area contributed by atoms with Crippen molar-refractivity contribution in [1.29, 1.82) is 0 Å². The summed E-state index contributed by atoms with van der Waals surface area (Å²) in [6.45, 7) is -2.15. The Labute approximate surface area is 199 Å². The molecule has 15 atom stereocenters. The van der Waals surface area contributed by atoms with E-state index < -0.39 is 112 Å². The molecule has 10 N–H and O–H groups in total. The van der Waals surface area contributed by atoms with Gasteiger partial charge in [0.1, 0.15) is 73.2 Å². The average molecular weight is 518 g/mol. The van der Waals surface area contributed by atoms with Crippen molar-refractivity contribution in [2.45, 2.75) is 92.1 Å². The number of methoxy groups -OCH3 is 1. The number of ether oxygens (including phenoxy) is 6. The van der Waals surface area contributed by atoms with Crippen LogP contribution in [0.2, 0.25) is 0 Å². The van der Waals surface area contributed by atoms with Crippen molar-refractivity contribution < 1.29 is 79.5 Å². The third-order valence-electron chi connectivity index (χ3n) is 6.34. The normalized spacial score (nSPS) is 51.3. The van der Waals surface area contributed by atoms with Gasteiger partial charge in [0.05, 0.1) is 19.8 Å². The lowest BCUT2D eigenvalue weighted by atomic mass is 9.96. The van der Waals surface area contributed by atoms with Crippen LogP contribution in [0.1, 0.15) is 0 Å². The third-order valence-corrected chi connectivity index (χ3v) is 6.34. The van der Waals surface area contributed by atoms with Crippen LogP contribution in [0.3, 0.4) is 0 Å². The van der Waals surface area contributed by atoms with Gasteiger partial charge in [-0.2, -0.15) is 0 Å². The SMILES string of the molecule is CO[C@@H]1C(CO)O[C@@H](O[C@H]2C(CO)O[C@@H](O[C@H]3C(CO)O[C@H](O)C(O)C3O)C(O)C2O)C(O)C1O. The Morgan fingerprint density at radius 2 is 0.886 bits per heavy atom. The lowest BCUT2D eigenvalue weighted by molar-refractivity contribution is -0.378. The molecule has 0 aromatic rings. The fourth-order valence-corrected chi connectivity index (χ4v) is 4.33. The van der Waals surface area contributed by atoms with Gasteiger partial charge in [0.2, 0.25) is 0 Å². The first-order valence-corrected chi connectivity index (χ1v) is 11.0. The summed E-state index contributed by atoms with van der Waals surface area (Å²) in [5.74, 6) is 0. The first-order chi connectivity index (χ1) is 16.6. The van der Waals surface area contributed by atoms with Gasteiger partial charge in [-0.25, -0.2) is 0 Å². The molecule has 3 fully saturated rings. The van der Waals surface area contributed by atoms with Gasteiger partial charge in [0, 0.05) is 7.11 Å². The maximum absolute atomic E-state index is 10.7. The minimum absolute atomic E-state index is 0.605. The first-order valence-electron chi connectivity index (χ1n) is 11.0. The second-order valence-electron chi connectivity index (χ2n) is 8.54. The van der Waals surface area contributed by atoms with E-state index in [0.29, 0.717) is 0 Å². The van der Waals surface area contributed by atoms with Gasteiger partial charge in [0.25, 0.3) is 0 Å². The van der Waals surface area contributed by atoms with Gasteiger partial charge in [-0.15, -0.1) is 0 Å². The van der Waals surface area contributed by atoms with Gasteiger partial charge in [-0.3, -0.25) is 0 Å². The van der Waals surface area contributed by atoms with E-state index in [1.807, 2.05) is 0 Å². The Morgan fingerprint density at radius 1 is 0.514 bits per heavy atom. The molecule has 0 saturated carbocycles. The van der Waals surface area contributed by atoms with E-state index in [9.17, 15) is 51.1 Å². The fourth-order valence-electron chi connectivity index (χ4n) is 4.33. The largest absolute Gasteiger partial charge is 0.394 e. The Balaban J connectivity index is 1.72. The van der Waals surface area contributed by atoms with Crippen molar-refractivity contribution in [2.24, 2.45) is 0 Å². The predicted octanol–water partition coefficient (Wildman–Crippen LogP) is -6.92. The second kappa shape index (κ2) is 12.3. The molecule has 0 aliphatic carbocycles. The topological polar surface area (TPSA) is 258 Å². The van der Waals surface area contributed by atoms with E-state index in [1.165, 1.54) is 7.11 Å². The van der Waals surface area contributed by atoms with Crippen LogP contribution in [0.5, 0.6) is 0 Å². The van der Waals surface area contributed by atoms with Crippen molar-refractivity contribution in [3.63, 3.8) is 0 Å². The molecule has 3 rings (SSSR count). The number of aliphatic hydroxyl groups is 10. The smallest absolute Gasteiger partial charge is 0.187 e. The lowest BCUT2D eigenvalue weighted by Gasteiger charge is -2.48. The molecule has 206 valence electrons. The number of hydrogen-bond donors (Lipinski definition) is 10. The predicted molar refractivity (Wildman–Crippen MR) is 106 cm³/mol. The molecule has 3 aliphatic heterocycles. The lowest BCUT2D eigenvalue weighted by Crippen LogP contribution is -2.66. The Bertz CT molecular complexity index is 650. The van der Waals surface area contributed by atoms with Gasteiger partial charge in [-0.05, 0) is 0 Å². The number of hydrogen-bond acceptors (Lipinski definition) is 16. The minimum atomic E-state index is -1.88. The summed E-state index contributed by atoms with van der Waals surface area (Å²) in [7, 11) is 1.24. The van der Waals surface area contributed by atoms with Crippen LogP contribution in [0.15, 0.2) is 0 Å². The van der Waals surface area contributed by atoms with Gasteiger partial charge >= 0.3 is 0 Å². The van der Waals surface area contributed by atoms with E-state index >= 15 is 0 Å². The van der Waals surface area contributed by atoms with Crippen LogP contribution in [0, 0.1) is 0 Å². The minimum Gasteiger partial charge on any atom is -0.394 e. The molecule has 0 aromatic heterocycles. The second-order valence-corrected chi connectivity index (χ2v) is 8.54. The van der Waals surface area contributed by atoms with E-state index in [-0.39, 0.29) is 0 Å². The summed E-state index contributed by atoms with van der Waals surface area (Å²) in [4.78, 5) is 0. The molecular weight excluding hydrogens is 484 g/mol. The molecule has 16 nitrogen and oxygen atoms in total. The van der Waals surface area contributed by atoms with Crippen LogP contribution in [0.4, 0.5) is 0 Å². The quantitative estimate of drug-likeness (QED) is 0.143. The highest BCUT2D eigenvalue weighted by Crippen LogP contribution is 2.32. The Hall–Kier alpha value is -0.640. The summed E-state index contributed by atoms with van der Waals surface area (Å²) in [6, 6.07) is 0. The van der Waals surface area contributed by atoms with E-state index in [0.717, 1.165) is 0 Å². The average Bonchev–Trinajstić information content (AvgIpc) is 2.85. The molecule has 0 bridgehead atoms. The van der Waals surface area contributed by atoms with Crippen LogP contribution in [-0.2, 0) is 28.4 Å². The monoisotopic (exact) mass is 518 g/mol. The third kappa shape index (κ3) is 5.78. The molecule has 16 heteroatoms. The van der Waals surface area contributed by atoms with Crippen LogP contribution < -0.4 is 0 Å². The standard InChI is InChI=1S/C19H34O16/c1-30-14-5(2-20)32-18(12(27)9(14)24)35-16-7(4-22)33-19(13(28)10(16)25)34-15-6(3-21)31-17(29)11(26)8(15)23/h5-29H,2-4H2,1H3/t5?,6?,7?,8?,9?,10?,11?,12?,13?,14-,15+,16+,17+,18+,19+/m1/s1. The molecule has 0 spiro atoms. The highest BCUT2D eigenvalue weighted by molar-refractivity contribution is 4.96. The van der Waals surface area contributed by atoms with Gasteiger partial charge in [0.15, 0.2) is 18.9 Å². The first kappa shape index (κ1) is 28.9. The van der Waals surface area contributed by atoms with E-state index in [1.54, 1.807) is 0 Å². The maximum atomic E-state index is 10.7. The van der Waals surface area contributed by atoms with Crippen molar-refractivity contribution in [1.82, 2.24) is 0 Å². The zero-order valence-electron chi connectivity index (χ0n) is 18.7. The summed E-state index contributed by atoms with van der Waals surface area (Å²) in [5, 5.41) is 100. The number of rotatable bonds is 8. The summed E-state index contributed by atoms with van der Waals surface area (Å²) < 4.78 is 31.8. The van der Waals surface area contributed by atoms with Crippen LogP contribution in [0.25, 0.3) is 0 Å². The molecular formula is C19H34O16. The van der Waals surface area contributed by atoms with Crippen molar-refractivity contribution in [2.75, 3.05) is 26.9 Å². The van der Waals surface area contributed by atoms with E-state index in [4.69, 9.17) is 28.4 Å². The Morgan fingerprint density at radius 3 is 1.31 bits per heavy atom. The van der Waals surface area contributed by atoms with Crippen LogP contribution in [-0.4, -0.2) is 170 Å². The van der Waals surface area contributed by atoms with Crippen LogP contribution >= 0.6 is 0 Å². The zero-order chi connectivity index (χ0) is 26.0. The van der Waals surface area contributed by atoms with Crippen molar-refractivity contribution >= 4 is 0 Å². The van der Waals surface area contributed by atoms with E-state index in [2.05, 4.69) is 0 Å². The molecule has 3 heterocycles. The fraction of sp³-hybridized carbons (Fsp3) is 1.00. The summed E-state index contributed by atoms with van der Waals surface area (Å²) in [6.07, 6.45) is -23.7. The summed E-state index contributed by atoms with van der Waals surface area (Å²) >= 11 is 0. The molecule has 9 unspecified atom stereocenters. The molecule has 0 radical (unpaired) electrons. The summed E-state index contributed by atoms with van der Waals surface area (Å²) in [5.41, 5.74) is 0. The molecule has 35 heavy (non-hydrogen) atoms. The Kier molecular flexibility index (Phi) is 10.1. The molecule has 0 amide bonds.